The van der Waals surface area contributed by atoms with Crippen LogP contribution in [0.25, 0.3) is 10.6 Å². The predicted molar refractivity (Wildman–Crippen MR) is 82.3 cm³/mol. The lowest BCUT2D eigenvalue weighted by atomic mass is 10.2. The van der Waals surface area contributed by atoms with Crippen LogP contribution in [0.1, 0.15) is 36.2 Å². The van der Waals surface area contributed by atoms with Gasteiger partial charge in [0.25, 0.3) is 5.91 Å². The Bertz CT molecular complexity index is 603. The summed E-state index contributed by atoms with van der Waals surface area (Å²) in [6, 6.07) is 7.82. The molecular weight excluding hydrogens is 292 g/mol. The summed E-state index contributed by atoms with van der Waals surface area (Å²) >= 11 is 7.35. The van der Waals surface area contributed by atoms with Crippen LogP contribution in [0.4, 0.5) is 0 Å². The highest BCUT2D eigenvalue weighted by atomic mass is 35.5. The van der Waals surface area contributed by atoms with E-state index in [0.29, 0.717) is 16.8 Å². The van der Waals surface area contributed by atoms with Crippen LogP contribution in [-0.2, 0) is 0 Å². The maximum absolute atomic E-state index is 12.1. The molecular formula is C15H15ClN2OS. The molecule has 1 fully saturated rings. The molecule has 1 heterocycles. The number of carbonyl (C=O) groups excluding carboxylic acids is 1. The van der Waals surface area contributed by atoms with Crippen LogP contribution in [0.5, 0.6) is 0 Å². The normalized spacial score (nSPS) is 15.4. The Hall–Kier alpha value is -1.39. The molecule has 2 aromatic rings. The summed E-state index contributed by atoms with van der Waals surface area (Å²) in [7, 11) is 0. The molecule has 0 aliphatic heterocycles. The third-order valence-electron chi connectivity index (χ3n) is 3.52. The summed E-state index contributed by atoms with van der Waals surface area (Å²) in [6.45, 7) is 0. The number of halogens is 1. The van der Waals surface area contributed by atoms with Gasteiger partial charge >= 0.3 is 0 Å². The zero-order valence-electron chi connectivity index (χ0n) is 10.9. The van der Waals surface area contributed by atoms with Crippen LogP contribution in [0.15, 0.2) is 29.6 Å². The van der Waals surface area contributed by atoms with Gasteiger partial charge in [0.05, 0.1) is 0 Å². The second-order valence-electron chi connectivity index (χ2n) is 5.00. The molecule has 1 aliphatic carbocycles. The van der Waals surface area contributed by atoms with Gasteiger partial charge in [-0.3, -0.25) is 4.79 Å². The van der Waals surface area contributed by atoms with Crippen molar-refractivity contribution in [1.29, 1.82) is 0 Å². The van der Waals surface area contributed by atoms with Crippen molar-refractivity contribution < 1.29 is 4.79 Å². The topological polar surface area (TPSA) is 42.0 Å². The number of nitrogens with one attached hydrogen (secondary N) is 1. The third-order valence-corrected chi connectivity index (χ3v) is 4.66. The van der Waals surface area contributed by atoms with Crippen molar-refractivity contribution in [2.24, 2.45) is 0 Å². The van der Waals surface area contributed by atoms with E-state index >= 15 is 0 Å². The summed E-state index contributed by atoms with van der Waals surface area (Å²) in [5.74, 6) is -0.0617. The number of hydrogen-bond donors (Lipinski definition) is 1. The second kappa shape index (κ2) is 5.94. The standard InChI is InChI=1S/C15H15ClN2OS/c16-11-7-5-10(6-8-11)15-18-13(9-20-15)14(19)17-12-3-1-2-4-12/h5-9,12H,1-4H2,(H,17,19). The number of nitrogens with zero attached hydrogens (tertiary/aromatic N) is 1. The van der Waals surface area contributed by atoms with Crippen LogP contribution in [-0.4, -0.2) is 16.9 Å². The highest BCUT2D eigenvalue weighted by Gasteiger charge is 2.19. The van der Waals surface area contributed by atoms with E-state index in [1.54, 1.807) is 0 Å². The third kappa shape index (κ3) is 3.02. The van der Waals surface area contributed by atoms with Crippen LogP contribution >= 0.6 is 22.9 Å². The molecule has 0 atom stereocenters. The fourth-order valence-electron chi connectivity index (χ4n) is 2.43. The minimum atomic E-state index is -0.0617. The Morgan fingerprint density at radius 3 is 2.65 bits per heavy atom. The van der Waals surface area contributed by atoms with Gasteiger partial charge in [-0.15, -0.1) is 11.3 Å². The molecule has 104 valence electrons. The maximum atomic E-state index is 12.1. The van der Waals surface area contributed by atoms with Gasteiger partial charge in [-0.05, 0) is 25.0 Å². The van der Waals surface area contributed by atoms with Gasteiger partial charge in [0.1, 0.15) is 10.7 Å². The maximum Gasteiger partial charge on any atom is 0.270 e. The Labute approximate surface area is 127 Å². The smallest absolute Gasteiger partial charge is 0.270 e. The molecule has 1 aromatic carbocycles. The van der Waals surface area contributed by atoms with Gasteiger partial charge in [0, 0.05) is 22.0 Å². The van der Waals surface area contributed by atoms with E-state index in [0.717, 1.165) is 23.4 Å². The first-order chi connectivity index (χ1) is 9.72. The number of carbonyl (C=O) groups is 1. The average Bonchev–Trinajstić information content (AvgIpc) is 3.10. The summed E-state index contributed by atoms with van der Waals surface area (Å²) in [5.41, 5.74) is 1.49. The molecule has 0 radical (unpaired) electrons. The average molecular weight is 307 g/mol. The van der Waals surface area contributed by atoms with Crippen LogP contribution in [0, 0.1) is 0 Å². The van der Waals surface area contributed by atoms with Crippen LogP contribution in [0.2, 0.25) is 5.02 Å². The van der Waals surface area contributed by atoms with Crippen molar-refractivity contribution in [3.8, 4) is 10.6 Å². The van der Waals surface area contributed by atoms with Crippen molar-refractivity contribution >= 4 is 28.8 Å². The van der Waals surface area contributed by atoms with Crippen molar-refractivity contribution in [2.45, 2.75) is 31.7 Å². The summed E-state index contributed by atoms with van der Waals surface area (Å²) in [5, 5.41) is 6.41. The van der Waals surface area contributed by atoms with Crippen LogP contribution in [0.3, 0.4) is 0 Å². The van der Waals surface area contributed by atoms with E-state index in [2.05, 4.69) is 10.3 Å². The highest BCUT2D eigenvalue weighted by Crippen LogP contribution is 2.25. The van der Waals surface area contributed by atoms with E-state index < -0.39 is 0 Å². The molecule has 5 heteroatoms. The zero-order valence-corrected chi connectivity index (χ0v) is 12.5. The van der Waals surface area contributed by atoms with E-state index in [9.17, 15) is 4.79 Å². The molecule has 0 saturated heterocycles. The molecule has 1 saturated carbocycles. The lowest BCUT2D eigenvalue weighted by molar-refractivity contribution is 0.0933. The summed E-state index contributed by atoms with van der Waals surface area (Å²) in [4.78, 5) is 16.5. The fourth-order valence-corrected chi connectivity index (χ4v) is 3.36. The Morgan fingerprint density at radius 1 is 1.25 bits per heavy atom. The molecule has 1 aromatic heterocycles. The Kier molecular flexibility index (Phi) is 4.03. The molecule has 20 heavy (non-hydrogen) atoms. The number of rotatable bonds is 3. The van der Waals surface area contributed by atoms with E-state index in [1.807, 2.05) is 29.6 Å². The first-order valence-electron chi connectivity index (χ1n) is 6.75. The fraction of sp³-hybridized carbons (Fsp3) is 0.333. The van der Waals surface area contributed by atoms with E-state index in [1.165, 1.54) is 24.2 Å². The monoisotopic (exact) mass is 306 g/mol. The lowest BCUT2D eigenvalue weighted by Gasteiger charge is -2.09. The number of amides is 1. The van der Waals surface area contributed by atoms with Crippen molar-refractivity contribution in [3.05, 3.63) is 40.4 Å². The second-order valence-corrected chi connectivity index (χ2v) is 6.29. The summed E-state index contributed by atoms with van der Waals surface area (Å²) < 4.78 is 0. The largest absolute Gasteiger partial charge is 0.348 e. The molecule has 1 amide bonds. The highest BCUT2D eigenvalue weighted by molar-refractivity contribution is 7.13. The first kappa shape index (κ1) is 13.6. The van der Waals surface area contributed by atoms with Crippen molar-refractivity contribution in [3.63, 3.8) is 0 Å². The molecule has 0 spiro atoms. The molecule has 1 aliphatic rings. The van der Waals surface area contributed by atoms with E-state index in [4.69, 9.17) is 11.6 Å². The Balaban J connectivity index is 1.72. The van der Waals surface area contributed by atoms with Gasteiger partial charge in [0.2, 0.25) is 0 Å². The quantitative estimate of drug-likeness (QED) is 0.926. The lowest BCUT2D eigenvalue weighted by Crippen LogP contribution is -2.32. The predicted octanol–water partition coefficient (Wildman–Crippen LogP) is 4.14. The number of hydrogen-bond acceptors (Lipinski definition) is 3. The number of aromatic nitrogens is 1. The van der Waals surface area contributed by atoms with Gasteiger partial charge in [0.15, 0.2) is 0 Å². The first-order valence-corrected chi connectivity index (χ1v) is 8.00. The van der Waals surface area contributed by atoms with Crippen molar-refractivity contribution in [1.82, 2.24) is 10.3 Å². The molecule has 0 unspecified atom stereocenters. The van der Waals surface area contributed by atoms with Crippen molar-refractivity contribution in [2.75, 3.05) is 0 Å². The van der Waals surface area contributed by atoms with Gasteiger partial charge in [-0.25, -0.2) is 4.98 Å². The Morgan fingerprint density at radius 2 is 1.95 bits per heavy atom. The van der Waals surface area contributed by atoms with Gasteiger partial charge < -0.3 is 5.32 Å². The number of thiazole rings is 1. The molecule has 3 rings (SSSR count). The minimum absolute atomic E-state index is 0.0617. The minimum Gasteiger partial charge on any atom is -0.348 e. The van der Waals surface area contributed by atoms with Gasteiger partial charge in [-0.1, -0.05) is 36.6 Å². The van der Waals surface area contributed by atoms with E-state index in [-0.39, 0.29) is 5.91 Å². The molecule has 3 nitrogen and oxygen atoms in total. The number of benzene rings is 1. The molecule has 1 N–H and O–H groups in total. The zero-order chi connectivity index (χ0) is 13.9. The van der Waals surface area contributed by atoms with Crippen LogP contribution < -0.4 is 5.32 Å². The summed E-state index contributed by atoms with van der Waals surface area (Å²) in [6.07, 6.45) is 4.58. The SMILES string of the molecule is O=C(NC1CCCC1)c1csc(-c2ccc(Cl)cc2)n1. The van der Waals surface area contributed by atoms with Gasteiger partial charge in [-0.2, -0.15) is 0 Å². The molecule has 0 bridgehead atoms.